The molecule has 122 valence electrons. The molecule has 0 radical (unpaired) electrons. The summed E-state index contributed by atoms with van der Waals surface area (Å²) in [6.45, 7) is 3.48. The minimum atomic E-state index is -0.731. The van der Waals surface area contributed by atoms with E-state index in [1.807, 2.05) is 0 Å². The number of amides is 4. The van der Waals surface area contributed by atoms with Gasteiger partial charge in [0.2, 0.25) is 5.91 Å². The van der Waals surface area contributed by atoms with Crippen LogP contribution in [0.4, 0.5) is 4.79 Å². The van der Waals surface area contributed by atoms with E-state index in [0.717, 1.165) is 50.1 Å². The van der Waals surface area contributed by atoms with Gasteiger partial charge in [-0.1, -0.05) is 26.2 Å². The fourth-order valence-electron chi connectivity index (χ4n) is 3.97. The fraction of sp³-hybridized carbons (Fsp3) is 0.812. The Kier molecular flexibility index (Phi) is 4.10. The summed E-state index contributed by atoms with van der Waals surface area (Å²) < 4.78 is 0. The Morgan fingerprint density at radius 2 is 1.95 bits per heavy atom. The van der Waals surface area contributed by atoms with Gasteiger partial charge in [-0.15, -0.1) is 0 Å². The minimum Gasteiger partial charge on any atom is -0.341 e. The molecule has 3 fully saturated rings. The van der Waals surface area contributed by atoms with Crippen molar-refractivity contribution in [2.24, 2.45) is 5.92 Å². The van der Waals surface area contributed by atoms with Crippen molar-refractivity contribution in [2.75, 3.05) is 19.6 Å². The molecule has 1 spiro atoms. The van der Waals surface area contributed by atoms with E-state index in [0.29, 0.717) is 18.8 Å². The molecule has 22 heavy (non-hydrogen) atoms. The molecule has 4 amide bonds. The highest BCUT2D eigenvalue weighted by atomic mass is 16.2. The molecule has 0 unspecified atom stereocenters. The Balaban J connectivity index is 1.65. The molecule has 2 heterocycles. The van der Waals surface area contributed by atoms with Gasteiger partial charge < -0.3 is 10.2 Å². The zero-order valence-corrected chi connectivity index (χ0v) is 13.3. The Morgan fingerprint density at radius 3 is 2.64 bits per heavy atom. The highest BCUT2D eigenvalue weighted by molar-refractivity contribution is 6.09. The zero-order valence-electron chi connectivity index (χ0n) is 13.3. The summed E-state index contributed by atoms with van der Waals surface area (Å²) in [7, 11) is 0. The van der Waals surface area contributed by atoms with Crippen LogP contribution in [-0.4, -0.2) is 52.8 Å². The molecule has 0 aromatic carbocycles. The van der Waals surface area contributed by atoms with Crippen LogP contribution in [0.2, 0.25) is 0 Å². The van der Waals surface area contributed by atoms with Crippen LogP contribution in [0.15, 0.2) is 0 Å². The number of rotatable bonds is 2. The molecule has 1 saturated carbocycles. The van der Waals surface area contributed by atoms with Crippen LogP contribution in [0.3, 0.4) is 0 Å². The number of nitrogens with zero attached hydrogens (tertiary/aromatic N) is 2. The number of hydrogen-bond acceptors (Lipinski definition) is 3. The molecular formula is C16H25N3O3. The van der Waals surface area contributed by atoms with E-state index in [4.69, 9.17) is 0 Å². The van der Waals surface area contributed by atoms with Gasteiger partial charge in [-0.05, 0) is 31.6 Å². The topological polar surface area (TPSA) is 69.7 Å². The predicted octanol–water partition coefficient (Wildman–Crippen LogP) is 1.50. The van der Waals surface area contributed by atoms with Crippen molar-refractivity contribution in [1.82, 2.24) is 15.1 Å². The van der Waals surface area contributed by atoms with E-state index >= 15 is 0 Å². The van der Waals surface area contributed by atoms with Gasteiger partial charge in [0.1, 0.15) is 12.1 Å². The van der Waals surface area contributed by atoms with Gasteiger partial charge in [-0.3, -0.25) is 14.5 Å². The number of urea groups is 1. The Morgan fingerprint density at radius 1 is 1.23 bits per heavy atom. The van der Waals surface area contributed by atoms with Crippen molar-refractivity contribution in [2.45, 2.75) is 57.4 Å². The lowest BCUT2D eigenvalue weighted by Crippen LogP contribution is -2.49. The van der Waals surface area contributed by atoms with E-state index in [1.165, 1.54) is 0 Å². The summed E-state index contributed by atoms with van der Waals surface area (Å²) in [4.78, 5) is 40.1. The lowest BCUT2D eigenvalue weighted by atomic mass is 9.82. The highest BCUT2D eigenvalue weighted by Gasteiger charge is 2.51. The molecule has 2 saturated heterocycles. The van der Waals surface area contributed by atoms with E-state index in [2.05, 4.69) is 12.2 Å². The highest BCUT2D eigenvalue weighted by Crippen LogP contribution is 2.33. The fourth-order valence-corrected chi connectivity index (χ4v) is 3.97. The first-order valence-electron chi connectivity index (χ1n) is 8.44. The van der Waals surface area contributed by atoms with Gasteiger partial charge in [0.15, 0.2) is 0 Å². The van der Waals surface area contributed by atoms with Crippen LogP contribution < -0.4 is 5.32 Å². The van der Waals surface area contributed by atoms with Gasteiger partial charge in [0.25, 0.3) is 5.91 Å². The summed E-state index contributed by atoms with van der Waals surface area (Å²) in [6.07, 6.45) is 6.55. The Bertz CT molecular complexity index is 485. The van der Waals surface area contributed by atoms with Gasteiger partial charge in [-0.25, -0.2) is 4.79 Å². The maximum absolute atomic E-state index is 12.6. The van der Waals surface area contributed by atoms with Crippen molar-refractivity contribution in [3.8, 4) is 0 Å². The molecule has 1 N–H and O–H groups in total. The van der Waals surface area contributed by atoms with Gasteiger partial charge >= 0.3 is 6.03 Å². The van der Waals surface area contributed by atoms with Gasteiger partial charge in [0, 0.05) is 13.1 Å². The van der Waals surface area contributed by atoms with Crippen LogP contribution in [0.1, 0.15) is 51.9 Å². The van der Waals surface area contributed by atoms with Crippen molar-refractivity contribution < 1.29 is 14.4 Å². The average molecular weight is 307 g/mol. The summed E-state index contributed by atoms with van der Waals surface area (Å²) in [6, 6.07) is -0.398. The van der Waals surface area contributed by atoms with Crippen LogP contribution in [0.25, 0.3) is 0 Å². The monoisotopic (exact) mass is 307 g/mol. The largest absolute Gasteiger partial charge is 0.341 e. The van der Waals surface area contributed by atoms with E-state index in [9.17, 15) is 14.4 Å². The number of nitrogens with one attached hydrogen (secondary N) is 1. The van der Waals surface area contributed by atoms with Gasteiger partial charge in [0.05, 0.1) is 0 Å². The molecule has 1 atom stereocenters. The van der Waals surface area contributed by atoms with Crippen LogP contribution in [-0.2, 0) is 9.59 Å². The predicted molar refractivity (Wildman–Crippen MR) is 81.0 cm³/mol. The number of imide groups is 1. The third kappa shape index (κ3) is 2.71. The first-order chi connectivity index (χ1) is 10.5. The number of piperidine rings is 1. The molecule has 3 rings (SSSR count). The van der Waals surface area contributed by atoms with Crippen LogP contribution >= 0.6 is 0 Å². The normalized spacial score (nSPS) is 28.1. The van der Waals surface area contributed by atoms with Crippen LogP contribution in [0, 0.1) is 5.92 Å². The summed E-state index contributed by atoms with van der Waals surface area (Å²) in [5, 5.41) is 2.85. The maximum Gasteiger partial charge on any atom is 0.325 e. The third-order valence-corrected chi connectivity index (χ3v) is 5.26. The van der Waals surface area contributed by atoms with E-state index in [1.54, 1.807) is 4.90 Å². The van der Waals surface area contributed by atoms with E-state index in [-0.39, 0.29) is 18.4 Å². The average Bonchev–Trinajstić information content (AvgIpc) is 2.72. The van der Waals surface area contributed by atoms with Gasteiger partial charge in [-0.2, -0.15) is 0 Å². The molecule has 0 bridgehead atoms. The first kappa shape index (κ1) is 15.3. The second kappa shape index (κ2) is 5.89. The summed E-state index contributed by atoms with van der Waals surface area (Å²) in [5.41, 5.74) is -0.731. The maximum atomic E-state index is 12.6. The molecule has 2 aliphatic heterocycles. The number of carbonyl (C=O) groups is 3. The lowest BCUT2D eigenvalue weighted by Gasteiger charge is -2.32. The Labute approximate surface area is 131 Å². The second-order valence-electron chi connectivity index (χ2n) is 7.05. The number of hydrogen-bond donors (Lipinski definition) is 1. The first-order valence-corrected chi connectivity index (χ1v) is 8.44. The molecule has 6 nitrogen and oxygen atoms in total. The molecular weight excluding hydrogens is 282 g/mol. The molecule has 0 aromatic heterocycles. The molecule has 6 heteroatoms. The quantitative estimate of drug-likeness (QED) is 0.786. The Hall–Kier alpha value is -1.59. The molecule has 3 aliphatic rings. The summed E-state index contributed by atoms with van der Waals surface area (Å²) in [5.74, 6) is 0.184. The minimum absolute atomic E-state index is 0.108. The zero-order chi connectivity index (χ0) is 15.7. The van der Waals surface area contributed by atoms with Crippen molar-refractivity contribution >= 4 is 17.8 Å². The second-order valence-corrected chi connectivity index (χ2v) is 7.05. The van der Waals surface area contributed by atoms with Crippen molar-refractivity contribution in [3.63, 3.8) is 0 Å². The standard InChI is InChI=1S/C16H25N3O3/c1-12-6-5-9-18(10-12)13(20)11-19-14(21)16(17-15(19)22)7-3-2-4-8-16/h12H,2-11H2,1H3,(H,17,22)/t12-/m0/s1. The number of likely N-dealkylation sites (tertiary alicyclic amines) is 1. The molecule has 0 aromatic rings. The van der Waals surface area contributed by atoms with Crippen LogP contribution in [0.5, 0.6) is 0 Å². The SMILES string of the molecule is C[C@H]1CCCN(C(=O)CN2C(=O)NC3(CCCCC3)C2=O)C1. The van der Waals surface area contributed by atoms with Crippen molar-refractivity contribution in [1.29, 1.82) is 0 Å². The van der Waals surface area contributed by atoms with Crippen molar-refractivity contribution in [3.05, 3.63) is 0 Å². The summed E-state index contributed by atoms with van der Waals surface area (Å²) >= 11 is 0. The number of carbonyl (C=O) groups excluding carboxylic acids is 3. The third-order valence-electron chi connectivity index (χ3n) is 5.26. The smallest absolute Gasteiger partial charge is 0.325 e. The molecule has 1 aliphatic carbocycles. The lowest BCUT2D eigenvalue weighted by molar-refractivity contribution is -0.140. The van der Waals surface area contributed by atoms with E-state index < -0.39 is 11.6 Å².